The molecule has 0 aliphatic carbocycles. The van der Waals surface area contributed by atoms with Gasteiger partial charge in [0.05, 0.1) is 16.8 Å². The van der Waals surface area contributed by atoms with Gasteiger partial charge in [-0.1, -0.05) is 12.1 Å². The number of hydrogen-bond donors (Lipinski definition) is 1. The lowest BCUT2D eigenvalue weighted by Gasteiger charge is -2.38. The SMILES string of the molecule is CC1CCCC(C)N1C(=O)COc1ccc(C(=O)NCc2nc3ccccc3s2)cc1. The Bertz CT molecular complexity index is 1020. The number of rotatable bonds is 6. The third kappa shape index (κ3) is 5.05. The number of carbonyl (C=O) groups excluding carboxylic acids is 2. The van der Waals surface area contributed by atoms with Crippen molar-refractivity contribution >= 4 is 33.4 Å². The van der Waals surface area contributed by atoms with Crippen molar-refractivity contribution in [1.82, 2.24) is 15.2 Å². The van der Waals surface area contributed by atoms with Gasteiger partial charge in [-0.15, -0.1) is 11.3 Å². The number of ether oxygens (including phenoxy) is 1. The Morgan fingerprint density at radius 2 is 1.81 bits per heavy atom. The first-order chi connectivity index (χ1) is 15.0. The number of nitrogens with one attached hydrogen (secondary N) is 1. The molecule has 6 nitrogen and oxygen atoms in total. The second kappa shape index (κ2) is 9.47. The zero-order valence-corrected chi connectivity index (χ0v) is 18.7. The normalized spacial score (nSPS) is 18.7. The van der Waals surface area contributed by atoms with Gasteiger partial charge in [0, 0.05) is 17.6 Å². The molecule has 1 aliphatic heterocycles. The van der Waals surface area contributed by atoms with Gasteiger partial charge in [0.15, 0.2) is 6.61 Å². The molecule has 3 aromatic rings. The average molecular weight is 438 g/mol. The van der Waals surface area contributed by atoms with E-state index in [1.54, 1.807) is 35.6 Å². The Morgan fingerprint density at radius 3 is 2.52 bits per heavy atom. The van der Waals surface area contributed by atoms with Gasteiger partial charge >= 0.3 is 0 Å². The second-order valence-corrected chi connectivity index (χ2v) is 9.12. The summed E-state index contributed by atoms with van der Waals surface area (Å²) in [4.78, 5) is 31.5. The predicted octanol–water partition coefficient (Wildman–Crippen LogP) is 4.39. The predicted molar refractivity (Wildman–Crippen MR) is 122 cm³/mol. The lowest BCUT2D eigenvalue weighted by Crippen LogP contribution is -2.49. The van der Waals surface area contributed by atoms with Crippen LogP contribution in [0.2, 0.25) is 0 Å². The number of aromatic nitrogens is 1. The van der Waals surface area contributed by atoms with Crippen LogP contribution in [0.15, 0.2) is 48.5 Å². The molecule has 2 aromatic carbocycles. The Labute approximate surface area is 186 Å². The van der Waals surface area contributed by atoms with E-state index in [1.807, 2.05) is 29.2 Å². The van der Waals surface area contributed by atoms with E-state index < -0.39 is 0 Å². The van der Waals surface area contributed by atoms with Gasteiger partial charge in [0.25, 0.3) is 11.8 Å². The highest BCUT2D eigenvalue weighted by Gasteiger charge is 2.28. The molecule has 1 aromatic heterocycles. The molecule has 0 saturated carbocycles. The molecule has 1 fully saturated rings. The Balaban J connectivity index is 1.29. The van der Waals surface area contributed by atoms with Gasteiger partial charge < -0.3 is 15.0 Å². The van der Waals surface area contributed by atoms with Crippen LogP contribution in [0.4, 0.5) is 0 Å². The number of benzene rings is 2. The number of hydrogen-bond acceptors (Lipinski definition) is 5. The molecule has 4 rings (SSSR count). The number of amides is 2. The number of nitrogens with zero attached hydrogens (tertiary/aromatic N) is 2. The largest absolute Gasteiger partial charge is 0.484 e. The third-order valence-electron chi connectivity index (χ3n) is 5.70. The number of thiazole rings is 1. The van der Waals surface area contributed by atoms with E-state index in [1.165, 1.54) is 0 Å². The van der Waals surface area contributed by atoms with E-state index in [0.717, 1.165) is 34.5 Å². The zero-order chi connectivity index (χ0) is 21.8. The standard InChI is InChI=1S/C24H27N3O3S/c1-16-6-5-7-17(2)27(16)23(28)15-30-19-12-10-18(11-13-19)24(29)25-14-22-26-20-8-3-4-9-21(20)31-22/h3-4,8-13,16-17H,5-7,14-15H2,1-2H3,(H,25,29). The molecule has 1 aliphatic rings. The summed E-state index contributed by atoms with van der Waals surface area (Å²) in [5.41, 5.74) is 1.49. The van der Waals surface area contributed by atoms with E-state index in [4.69, 9.17) is 4.74 Å². The van der Waals surface area contributed by atoms with Crippen molar-refractivity contribution < 1.29 is 14.3 Å². The maximum atomic E-state index is 12.6. The van der Waals surface area contributed by atoms with Crippen LogP contribution in [0, 0.1) is 0 Å². The highest BCUT2D eigenvalue weighted by atomic mass is 32.1. The summed E-state index contributed by atoms with van der Waals surface area (Å²) in [6.07, 6.45) is 3.24. The van der Waals surface area contributed by atoms with Crippen LogP contribution in [0.3, 0.4) is 0 Å². The summed E-state index contributed by atoms with van der Waals surface area (Å²) in [7, 11) is 0. The molecule has 31 heavy (non-hydrogen) atoms. The van der Waals surface area contributed by atoms with E-state index in [0.29, 0.717) is 17.9 Å². The Kier molecular flexibility index (Phi) is 6.51. The molecular weight excluding hydrogens is 410 g/mol. The number of likely N-dealkylation sites (tertiary alicyclic amines) is 1. The van der Waals surface area contributed by atoms with Crippen LogP contribution in [0.25, 0.3) is 10.2 Å². The van der Waals surface area contributed by atoms with Crippen molar-refractivity contribution in [1.29, 1.82) is 0 Å². The molecule has 1 N–H and O–H groups in total. The van der Waals surface area contributed by atoms with E-state index >= 15 is 0 Å². The van der Waals surface area contributed by atoms with Gasteiger partial charge in [0.1, 0.15) is 10.8 Å². The first kappa shape index (κ1) is 21.3. The maximum Gasteiger partial charge on any atom is 0.260 e. The van der Waals surface area contributed by atoms with Crippen molar-refractivity contribution in [2.45, 2.75) is 51.7 Å². The molecule has 0 bridgehead atoms. The van der Waals surface area contributed by atoms with Crippen molar-refractivity contribution in [2.75, 3.05) is 6.61 Å². The summed E-state index contributed by atoms with van der Waals surface area (Å²) in [5.74, 6) is 0.420. The second-order valence-electron chi connectivity index (χ2n) is 8.00. The van der Waals surface area contributed by atoms with Gasteiger partial charge in [-0.3, -0.25) is 9.59 Å². The molecule has 0 radical (unpaired) electrons. The third-order valence-corrected chi connectivity index (χ3v) is 6.74. The highest BCUT2D eigenvalue weighted by molar-refractivity contribution is 7.18. The van der Waals surface area contributed by atoms with Gasteiger partial charge in [-0.05, 0) is 69.5 Å². The fraction of sp³-hybridized carbons (Fsp3) is 0.375. The number of piperidine rings is 1. The summed E-state index contributed by atoms with van der Waals surface area (Å²) in [6.45, 7) is 4.58. The molecule has 0 spiro atoms. The Morgan fingerprint density at radius 1 is 1.10 bits per heavy atom. The first-order valence-corrected chi connectivity index (χ1v) is 11.5. The molecule has 2 amide bonds. The van der Waals surface area contributed by atoms with Gasteiger partial charge in [0.2, 0.25) is 0 Å². The monoisotopic (exact) mass is 437 g/mol. The number of fused-ring (bicyclic) bond motifs is 1. The van der Waals surface area contributed by atoms with Gasteiger partial charge in [-0.2, -0.15) is 0 Å². The molecule has 7 heteroatoms. The minimum absolute atomic E-state index is 0.0114. The van der Waals surface area contributed by atoms with Crippen LogP contribution < -0.4 is 10.1 Å². The summed E-state index contributed by atoms with van der Waals surface area (Å²) >= 11 is 1.58. The zero-order valence-electron chi connectivity index (χ0n) is 17.8. The van der Waals surface area contributed by atoms with Gasteiger partial charge in [-0.25, -0.2) is 4.98 Å². The summed E-state index contributed by atoms with van der Waals surface area (Å²) in [6, 6.07) is 15.3. The summed E-state index contributed by atoms with van der Waals surface area (Å²) < 4.78 is 6.79. The van der Waals surface area contributed by atoms with E-state index in [-0.39, 0.29) is 30.5 Å². The lowest BCUT2D eigenvalue weighted by atomic mass is 9.97. The molecule has 2 unspecified atom stereocenters. The van der Waals surface area contributed by atoms with Crippen molar-refractivity contribution in [2.24, 2.45) is 0 Å². The minimum Gasteiger partial charge on any atom is -0.484 e. The summed E-state index contributed by atoms with van der Waals surface area (Å²) in [5, 5.41) is 3.78. The van der Waals surface area contributed by atoms with Crippen LogP contribution in [0.5, 0.6) is 5.75 Å². The molecule has 2 atom stereocenters. The first-order valence-electron chi connectivity index (χ1n) is 10.7. The van der Waals surface area contributed by atoms with Crippen molar-refractivity contribution in [3.8, 4) is 5.75 Å². The van der Waals surface area contributed by atoms with Crippen molar-refractivity contribution in [3.63, 3.8) is 0 Å². The number of carbonyl (C=O) groups is 2. The van der Waals surface area contributed by atoms with Crippen LogP contribution >= 0.6 is 11.3 Å². The van der Waals surface area contributed by atoms with E-state index in [2.05, 4.69) is 24.1 Å². The smallest absolute Gasteiger partial charge is 0.260 e. The van der Waals surface area contributed by atoms with Crippen molar-refractivity contribution in [3.05, 3.63) is 59.1 Å². The molecule has 162 valence electrons. The fourth-order valence-electron chi connectivity index (χ4n) is 4.09. The topological polar surface area (TPSA) is 71.5 Å². The quantitative estimate of drug-likeness (QED) is 0.621. The van der Waals surface area contributed by atoms with Crippen LogP contribution in [0.1, 0.15) is 48.5 Å². The fourth-order valence-corrected chi connectivity index (χ4v) is 5.00. The Hall–Kier alpha value is -2.93. The van der Waals surface area contributed by atoms with Crippen LogP contribution in [-0.4, -0.2) is 40.4 Å². The lowest BCUT2D eigenvalue weighted by molar-refractivity contribution is -0.139. The van der Waals surface area contributed by atoms with E-state index in [9.17, 15) is 9.59 Å². The molecular formula is C24H27N3O3S. The molecule has 2 heterocycles. The number of para-hydroxylation sites is 1. The minimum atomic E-state index is -0.169. The average Bonchev–Trinajstić information content (AvgIpc) is 3.19. The highest BCUT2D eigenvalue weighted by Crippen LogP contribution is 2.23. The van der Waals surface area contributed by atoms with Crippen LogP contribution in [-0.2, 0) is 11.3 Å². The molecule has 1 saturated heterocycles. The maximum absolute atomic E-state index is 12.6.